The van der Waals surface area contributed by atoms with Gasteiger partial charge < -0.3 is 0 Å². The number of nitrogens with zero attached hydrogens (tertiary/aromatic N) is 1. The Kier molecular flexibility index (Phi) is 2.55. The lowest BCUT2D eigenvalue weighted by Gasteiger charge is -2.10. The number of halogens is 2. The van der Waals surface area contributed by atoms with Gasteiger partial charge in [0.2, 0.25) is 0 Å². The van der Waals surface area contributed by atoms with Gasteiger partial charge in [0.15, 0.2) is 0 Å². The van der Waals surface area contributed by atoms with E-state index in [4.69, 9.17) is 0 Å². The molecule has 0 amide bonds. The van der Waals surface area contributed by atoms with Crippen LogP contribution in [-0.2, 0) is 0 Å². The second-order valence-corrected chi connectivity index (χ2v) is 4.06. The van der Waals surface area contributed by atoms with E-state index >= 15 is 0 Å². The van der Waals surface area contributed by atoms with E-state index in [9.17, 15) is 8.78 Å². The minimum Gasteiger partial charge on any atom is -0.286 e. The van der Waals surface area contributed by atoms with Gasteiger partial charge in [-0.1, -0.05) is 13.0 Å². The van der Waals surface area contributed by atoms with Crippen molar-refractivity contribution in [2.24, 2.45) is 10.9 Å². The van der Waals surface area contributed by atoms with Gasteiger partial charge in [0.05, 0.1) is 6.04 Å². The van der Waals surface area contributed by atoms with Crippen LogP contribution in [0.25, 0.3) is 0 Å². The SMILES string of the molecule is CC1=NC(c2c(F)cccc2F)CC1C. The van der Waals surface area contributed by atoms with Crippen molar-refractivity contribution in [3.63, 3.8) is 0 Å². The number of benzene rings is 1. The predicted octanol–water partition coefficient (Wildman–Crippen LogP) is 3.51. The van der Waals surface area contributed by atoms with Gasteiger partial charge in [-0.15, -0.1) is 0 Å². The molecule has 0 N–H and O–H groups in total. The molecule has 0 fully saturated rings. The topological polar surface area (TPSA) is 12.4 Å². The standard InChI is InChI=1S/C12H13F2N/c1-7-6-11(15-8(7)2)12-9(13)4-3-5-10(12)14/h3-5,7,11H,6H2,1-2H3. The second kappa shape index (κ2) is 3.72. The lowest BCUT2D eigenvalue weighted by atomic mass is 9.97. The number of aliphatic imine (C=N–C) groups is 1. The molecule has 0 saturated heterocycles. The maximum Gasteiger partial charge on any atom is 0.131 e. The van der Waals surface area contributed by atoms with Gasteiger partial charge in [-0.25, -0.2) is 8.78 Å². The molecule has 3 heteroatoms. The molecule has 2 atom stereocenters. The number of rotatable bonds is 1. The van der Waals surface area contributed by atoms with Crippen LogP contribution in [0, 0.1) is 17.6 Å². The van der Waals surface area contributed by atoms with Gasteiger partial charge in [0.1, 0.15) is 11.6 Å². The smallest absolute Gasteiger partial charge is 0.131 e. The van der Waals surface area contributed by atoms with Crippen LogP contribution in [0.4, 0.5) is 8.78 Å². The highest BCUT2D eigenvalue weighted by Crippen LogP contribution is 2.34. The molecule has 2 unspecified atom stereocenters. The monoisotopic (exact) mass is 209 g/mol. The van der Waals surface area contributed by atoms with Crippen LogP contribution in [-0.4, -0.2) is 5.71 Å². The first-order valence-electron chi connectivity index (χ1n) is 5.07. The minimum atomic E-state index is -0.495. The van der Waals surface area contributed by atoms with E-state index in [1.54, 1.807) is 0 Å². The van der Waals surface area contributed by atoms with Crippen molar-refractivity contribution in [2.45, 2.75) is 26.3 Å². The maximum absolute atomic E-state index is 13.4. The highest BCUT2D eigenvalue weighted by Gasteiger charge is 2.27. The third-order valence-corrected chi connectivity index (χ3v) is 2.98. The summed E-state index contributed by atoms with van der Waals surface area (Å²) >= 11 is 0. The van der Waals surface area contributed by atoms with E-state index in [1.165, 1.54) is 18.2 Å². The van der Waals surface area contributed by atoms with Crippen molar-refractivity contribution >= 4 is 5.71 Å². The zero-order valence-corrected chi connectivity index (χ0v) is 8.80. The Bertz CT molecular complexity index is 392. The first kappa shape index (κ1) is 10.3. The summed E-state index contributed by atoms with van der Waals surface area (Å²) in [6, 6.07) is 3.60. The Morgan fingerprint density at radius 3 is 2.33 bits per heavy atom. The Balaban J connectivity index is 2.40. The molecular formula is C12H13F2N. The highest BCUT2D eigenvalue weighted by molar-refractivity contribution is 5.86. The van der Waals surface area contributed by atoms with Gasteiger partial charge in [-0.05, 0) is 31.4 Å². The highest BCUT2D eigenvalue weighted by atomic mass is 19.1. The van der Waals surface area contributed by atoms with Crippen molar-refractivity contribution < 1.29 is 8.78 Å². The van der Waals surface area contributed by atoms with Crippen LogP contribution in [0.1, 0.15) is 31.9 Å². The lowest BCUT2D eigenvalue weighted by molar-refractivity contribution is 0.512. The quantitative estimate of drug-likeness (QED) is 0.671. The van der Waals surface area contributed by atoms with Crippen LogP contribution in [0.15, 0.2) is 23.2 Å². The molecule has 1 aliphatic heterocycles. The molecule has 0 aliphatic carbocycles. The van der Waals surface area contributed by atoms with Crippen molar-refractivity contribution in [3.05, 3.63) is 35.4 Å². The molecular weight excluding hydrogens is 196 g/mol. The fourth-order valence-electron chi connectivity index (χ4n) is 1.94. The summed E-state index contributed by atoms with van der Waals surface area (Å²) in [4.78, 5) is 4.30. The van der Waals surface area contributed by atoms with Crippen molar-refractivity contribution in [3.8, 4) is 0 Å². The molecule has 80 valence electrons. The summed E-state index contributed by atoms with van der Waals surface area (Å²) in [5.41, 5.74) is 1.09. The molecule has 1 nitrogen and oxygen atoms in total. The fraction of sp³-hybridized carbons (Fsp3) is 0.417. The van der Waals surface area contributed by atoms with E-state index in [1.807, 2.05) is 13.8 Å². The molecule has 1 aromatic rings. The average molecular weight is 209 g/mol. The Hall–Kier alpha value is -1.25. The Labute approximate surface area is 87.8 Å². The van der Waals surface area contributed by atoms with Gasteiger partial charge in [-0.3, -0.25) is 4.99 Å². The average Bonchev–Trinajstić information content (AvgIpc) is 2.46. The summed E-state index contributed by atoms with van der Waals surface area (Å²) in [5, 5.41) is 0. The van der Waals surface area contributed by atoms with E-state index in [-0.39, 0.29) is 11.6 Å². The zero-order valence-electron chi connectivity index (χ0n) is 8.80. The van der Waals surface area contributed by atoms with Crippen molar-refractivity contribution in [1.82, 2.24) is 0 Å². The van der Waals surface area contributed by atoms with Crippen LogP contribution >= 0.6 is 0 Å². The minimum absolute atomic E-state index is 0.112. The molecule has 0 radical (unpaired) electrons. The van der Waals surface area contributed by atoms with Crippen molar-refractivity contribution in [2.75, 3.05) is 0 Å². The summed E-state index contributed by atoms with van der Waals surface area (Å²) in [6.07, 6.45) is 0.698. The summed E-state index contributed by atoms with van der Waals surface area (Å²) in [6.45, 7) is 3.93. The third kappa shape index (κ3) is 1.78. The van der Waals surface area contributed by atoms with Crippen LogP contribution in [0.5, 0.6) is 0 Å². The predicted molar refractivity (Wildman–Crippen MR) is 56.0 cm³/mol. The summed E-state index contributed by atoms with van der Waals surface area (Å²) in [7, 11) is 0. The molecule has 0 saturated carbocycles. The molecule has 15 heavy (non-hydrogen) atoms. The van der Waals surface area contributed by atoms with E-state index in [2.05, 4.69) is 4.99 Å². The Morgan fingerprint density at radius 2 is 1.87 bits per heavy atom. The van der Waals surface area contributed by atoms with Crippen LogP contribution in [0.3, 0.4) is 0 Å². The number of hydrogen-bond acceptors (Lipinski definition) is 1. The van der Waals surface area contributed by atoms with E-state index in [0.717, 1.165) is 5.71 Å². The lowest BCUT2D eigenvalue weighted by Crippen LogP contribution is -2.02. The van der Waals surface area contributed by atoms with E-state index < -0.39 is 11.6 Å². The first-order valence-corrected chi connectivity index (χ1v) is 5.07. The molecule has 1 aromatic carbocycles. The summed E-state index contributed by atoms with van der Waals surface area (Å²) < 4.78 is 26.9. The molecule has 1 heterocycles. The van der Waals surface area contributed by atoms with Gasteiger partial charge in [-0.2, -0.15) is 0 Å². The maximum atomic E-state index is 13.4. The molecule has 1 aliphatic rings. The Morgan fingerprint density at radius 1 is 1.27 bits per heavy atom. The summed E-state index contributed by atoms with van der Waals surface area (Å²) in [5.74, 6) is -0.676. The third-order valence-electron chi connectivity index (χ3n) is 2.98. The fourth-order valence-corrected chi connectivity index (χ4v) is 1.94. The van der Waals surface area contributed by atoms with Gasteiger partial charge in [0, 0.05) is 11.3 Å². The van der Waals surface area contributed by atoms with Gasteiger partial charge in [0.25, 0.3) is 0 Å². The van der Waals surface area contributed by atoms with Crippen molar-refractivity contribution in [1.29, 1.82) is 0 Å². The molecule has 2 rings (SSSR count). The first-order chi connectivity index (χ1) is 7.09. The number of hydrogen-bond donors (Lipinski definition) is 0. The van der Waals surface area contributed by atoms with Crippen LogP contribution < -0.4 is 0 Å². The largest absolute Gasteiger partial charge is 0.286 e. The molecule has 0 spiro atoms. The molecule has 0 aromatic heterocycles. The second-order valence-electron chi connectivity index (χ2n) is 4.06. The van der Waals surface area contributed by atoms with E-state index in [0.29, 0.717) is 12.3 Å². The normalized spacial score (nSPS) is 25.5. The van der Waals surface area contributed by atoms with Crippen LogP contribution in [0.2, 0.25) is 0 Å². The van der Waals surface area contributed by atoms with Gasteiger partial charge >= 0.3 is 0 Å². The zero-order chi connectivity index (χ0) is 11.0. The molecule has 0 bridgehead atoms.